The average Bonchev–Trinajstić information content (AvgIpc) is 3.23. The van der Waals surface area contributed by atoms with Gasteiger partial charge in [-0.25, -0.2) is 9.50 Å². The summed E-state index contributed by atoms with van der Waals surface area (Å²) in [7, 11) is 3.12. The number of amides is 1. The number of rotatable bonds is 6. The number of hydrogen-bond donors (Lipinski definition) is 1. The molecule has 0 saturated carbocycles. The van der Waals surface area contributed by atoms with E-state index in [2.05, 4.69) is 20.4 Å². The third-order valence-corrected chi connectivity index (χ3v) is 4.63. The Hall–Kier alpha value is -3.94. The third kappa shape index (κ3) is 3.80. The van der Waals surface area contributed by atoms with E-state index in [9.17, 15) is 4.79 Å². The first kappa shape index (κ1) is 19.4. The van der Waals surface area contributed by atoms with E-state index < -0.39 is 0 Å². The molecule has 0 atom stereocenters. The molecule has 1 aromatic carbocycles. The Morgan fingerprint density at radius 2 is 1.80 bits per heavy atom. The topological polar surface area (TPSA) is 90.6 Å². The van der Waals surface area contributed by atoms with Gasteiger partial charge in [-0.1, -0.05) is 13.0 Å². The highest BCUT2D eigenvalue weighted by Gasteiger charge is 2.16. The number of hydrogen-bond acceptors (Lipinski definition) is 6. The quantitative estimate of drug-likeness (QED) is 0.529. The summed E-state index contributed by atoms with van der Waals surface area (Å²) in [6.07, 6.45) is 2.41. The van der Waals surface area contributed by atoms with Crippen LogP contribution in [0.2, 0.25) is 0 Å². The molecule has 1 N–H and O–H groups in total. The number of fused-ring (bicyclic) bond motifs is 1. The number of carbonyl (C=O) groups is 1. The number of ether oxygens (including phenoxy) is 2. The molecular formula is C22H21N5O3. The predicted molar refractivity (Wildman–Crippen MR) is 113 cm³/mol. The molecule has 0 aliphatic heterocycles. The summed E-state index contributed by atoms with van der Waals surface area (Å²) in [5.41, 5.74) is 3.76. The summed E-state index contributed by atoms with van der Waals surface area (Å²) in [4.78, 5) is 21.8. The van der Waals surface area contributed by atoms with Gasteiger partial charge in [0.2, 0.25) is 0 Å². The van der Waals surface area contributed by atoms with Gasteiger partial charge in [-0.3, -0.25) is 9.78 Å². The highest BCUT2D eigenvalue weighted by molar-refractivity contribution is 6.03. The first-order chi connectivity index (χ1) is 14.6. The minimum Gasteiger partial charge on any atom is -0.497 e. The average molecular weight is 403 g/mol. The standard InChI is InChI=1S/C22H21N5O3/c1-4-15-11-20(22(28)24-14-9-16(29-2)12-17(10-14)30-3)25-21-13-19(26-27(15)21)18-7-5-6-8-23-18/h5-13H,4H2,1-3H3,(H,24,28). The molecule has 0 bridgehead atoms. The van der Waals surface area contributed by atoms with Gasteiger partial charge < -0.3 is 14.8 Å². The smallest absolute Gasteiger partial charge is 0.274 e. The van der Waals surface area contributed by atoms with Crippen molar-refractivity contribution in [1.29, 1.82) is 0 Å². The molecule has 8 heteroatoms. The molecule has 0 saturated heterocycles. The van der Waals surface area contributed by atoms with Crippen LogP contribution in [0.15, 0.2) is 54.7 Å². The lowest BCUT2D eigenvalue weighted by molar-refractivity contribution is 0.102. The molecule has 0 aliphatic rings. The van der Waals surface area contributed by atoms with Gasteiger partial charge in [0.1, 0.15) is 22.9 Å². The van der Waals surface area contributed by atoms with Crippen molar-refractivity contribution in [1.82, 2.24) is 19.6 Å². The molecule has 4 rings (SSSR count). The van der Waals surface area contributed by atoms with Crippen molar-refractivity contribution in [3.63, 3.8) is 0 Å². The van der Waals surface area contributed by atoms with E-state index in [-0.39, 0.29) is 5.91 Å². The van der Waals surface area contributed by atoms with Crippen molar-refractivity contribution >= 4 is 17.2 Å². The number of nitrogens with one attached hydrogen (secondary N) is 1. The minimum absolute atomic E-state index is 0.300. The SMILES string of the molecule is CCc1cc(C(=O)Nc2cc(OC)cc(OC)c2)nc2cc(-c3ccccn3)nn12. The van der Waals surface area contributed by atoms with E-state index in [0.717, 1.165) is 11.4 Å². The molecule has 30 heavy (non-hydrogen) atoms. The van der Waals surface area contributed by atoms with Crippen molar-refractivity contribution in [2.45, 2.75) is 13.3 Å². The number of aryl methyl sites for hydroxylation is 1. The van der Waals surface area contributed by atoms with Crippen molar-refractivity contribution in [2.75, 3.05) is 19.5 Å². The van der Waals surface area contributed by atoms with Crippen LogP contribution in [0, 0.1) is 0 Å². The van der Waals surface area contributed by atoms with Crippen LogP contribution in [0.4, 0.5) is 5.69 Å². The van der Waals surface area contributed by atoms with E-state index in [1.807, 2.05) is 31.2 Å². The zero-order valence-corrected chi connectivity index (χ0v) is 16.9. The lowest BCUT2D eigenvalue weighted by Gasteiger charge is -2.10. The molecule has 152 valence electrons. The van der Waals surface area contributed by atoms with Gasteiger partial charge in [0.05, 0.1) is 19.9 Å². The summed E-state index contributed by atoms with van der Waals surface area (Å²) in [6, 6.07) is 14.4. The fourth-order valence-corrected chi connectivity index (χ4v) is 3.12. The van der Waals surface area contributed by atoms with Crippen LogP contribution in [0.3, 0.4) is 0 Å². The third-order valence-electron chi connectivity index (χ3n) is 4.63. The fourth-order valence-electron chi connectivity index (χ4n) is 3.12. The predicted octanol–water partition coefficient (Wildman–Crippen LogP) is 3.62. The Bertz CT molecular complexity index is 1180. The maximum absolute atomic E-state index is 12.9. The van der Waals surface area contributed by atoms with Crippen LogP contribution in [0.5, 0.6) is 11.5 Å². The summed E-state index contributed by atoms with van der Waals surface area (Å²) in [6.45, 7) is 2.01. The van der Waals surface area contributed by atoms with E-state index in [1.54, 1.807) is 49.2 Å². The van der Waals surface area contributed by atoms with E-state index in [4.69, 9.17) is 9.47 Å². The largest absolute Gasteiger partial charge is 0.497 e. The zero-order chi connectivity index (χ0) is 21.1. The minimum atomic E-state index is -0.330. The Balaban J connectivity index is 1.69. The highest BCUT2D eigenvalue weighted by Crippen LogP contribution is 2.26. The monoisotopic (exact) mass is 403 g/mol. The molecule has 3 aromatic heterocycles. The van der Waals surface area contributed by atoms with Crippen LogP contribution >= 0.6 is 0 Å². The van der Waals surface area contributed by atoms with Crippen molar-refractivity contribution in [3.8, 4) is 22.9 Å². The second kappa shape index (κ2) is 8.20. The zero-order valence-electron chi connectivity index (χ0n) is 16.9. The first-order valence-corrected chi connectivity index (χ1v) is 9.46. The normalized spacial score (nSPS) is 10.8. The van der Waals surface area contributed by atoms with Crippen LogP contribution in [-0.4, -0.2) is 39.7 Å². The van der Waals surface area contributed by atoms with E-state index >= 15 is 0 Å². The maximum atomic E-state index is 12.9. The van der Waals surface area contributed by atoms with Crippen molar-refractivity contribution < 1.29 is 14.3 Å². The second-order valence-electron chi connectivity index (χ2n) is 6.56. The second-order valence-corrected chi connectivity index (χ2v) is 6.56. The molecule has 3 heterocycles. The Morgan fingerprint density at radius 1 is 1.03 bits per heavy atom. The van der Waals surface area contributed by atoms with Crippen LogP contribution in [-0.2, 0) is 6.42 Å². The molecular weight excluding hydrogens is 382 g/mol. The van der Waals surface area contributed by atoms with Crippen LogP contribution in [0.1, 0.15) is 23.1 Å². The van der Waals surface area contributed by atoms with Crippen molar-refractivity contribution in [3.05, 3.63) is 66.1 Å². The van der Waals surface area contributed by atoms with Gasteiger partial charge in [-0.2, -0.15) is 5.10 Å². The molecule has 0 spiro atoms. The number of benzene rings is 1. The number of carbonyl (C=O) groups excluding carboxylic acids is 1. The number of nitrogens with zero attached hydrogens (tertiary/aromatic N) is 4. The molecule has 4 aromatic rings. The summed E-state index contributed by atoms with van der Waals surface area (Å²) in [5, 5.41) is 7.47. The number of anilines is 1. The van der Waals surface area contributed by atoms with E-state index in [1.165, 1.54) is 0 Å². The Kier molecular flexibility index (Phi) is 5.30. The lowest BCUT2D eigenvalue weighted by atomic mass is 10.2. The molecule has 0 radical (unpaired) electrons. The van der Waals surface area contributed by atoms with Gasteiger partial charge in [-0.15, -0.1) is 0 Å². The molecule has 1 amide bonds. The number of aromatic nitrogens is 4. The van der Waals surface area contributed by atoms with Gasteiger partial charge in [0.25, 0.3) is 5.91 Å². The summed E-state index contributed by atoms with van der Waals surface area (Å²) in [5.74, 6) is 0.833. The van der Waals surface area contributed by atoms with Crippen molar-refractivity contribution in [2.24, 2.45) is 0 Å². The number of methoxy groups -OCH3 is 2. The maximum Gasteiger partial charge on any atom is 0.274 e. The molecule has 0 aliphatic carbocycles. The summed E-state index contributed by atoms with van der Waals surface area (Å²) < 4.78 is 12.3. The lowest BCUT2D eigenvalue weighted by Crippen LogP contribution is -2.16. The Morgan fingerprint density at radius 3 is 2.43 bits per heavy atom. The fraction of sp³-hybridized carbons (Fsp3) is 0.182. The summed E-state index contributed by atoms with van der Waals surface area (Å²) >= 11 is 0. The highest BCUT2D eigenvalue weighted by atomic mass is 16.5. The van der Waals surface area contributed by atoms with Gasteiger partial charge in [-0.05, 0) is 24.6 Å². The van der Waals surface area contributed by atoms with Crippen LogP contribution < -0.4 is 14.8 Å². The molecule has 0 unspecified atom stereocenters. The van der Waals surface area contributed by atoms with Gasteiger partial charge in [0, 0.05) is 41.8 Å². The van der Waals surface area contributed by atoms with Gasteiger partial charge in [0.15, 0.2) is 5.65 Å². The van der Waals surface area contributed by atoms with E-state index in [0.29, 0.717) is 40.6 Å². The molecule has 0 fully saturated rings. The number of pyridine rings is 1. The Labute approximate surface area is 173 Å². The van der Waals surface area contributed by atoms with Gasteiger partial charge >= 0.3 is 0 Å². The van der Waals surface area contributed by atoms with Crippen LogP contribution in [0.25, 0.3) is 17.0 Å². The molecule has 8 nitrogen and oxygen atoms in total. The first-order valence-electron chi connectivity index (χ1n) is 9.46.